The molecule has 0 saturated heterocycles. The van der Waals surface area contributed by atoms with Crippen LogP contribution in [-0.4, -0.2) is 70.8 Å². The average molecular weight is 816 g/mol. The van der Waals surface area contributed by atoms with Gasteiger partial charge in [0, 0.05) is 26.5 Å². The van der Waals surface area contributed by atoms with Crippen molar-refractivity contribution in [1.82, 2.24) is 5.32 Å². The van der Waals surface area contributed by atoms with E-state index < -0.39 is 45.2 Å². The van der Waals surface area contributed by atoms with E-state index in [4.69, 9.17) is 28.0 Å². The van der Waals surface area contributed by atoms with Gasteiger partial charge in [-0.1, -0.05) is 168 Å². The molecule has 0 fully saturated rings. The van der Waals surface area contributed by atoms with Gasteiger partial charge in [0.25, 0.3) is 7.82 Å². The van der Waals surface area contributed by atoms with Crippen molar-refractivity contribution in [2.24, 2.45) is 0 Å². The predicted molar refractivity (Wildman–Crippen MR) is 212 cm³/mol. The van der Waals surface area contributed by atoms with Gasteiger partial charge >= 0.3 is 47.6 Å². The maximum atomic E-state index is 12.6. The van der Waals surface area contributed by atoms with Crippen LogP contribution in [0.4, 0.5) is 4.79 Å². The fourth-order valence-electron chi connectivity index (χ4n) is 5.98. The maximum absolute atomic E-state index is 12.6. The number of esters is 2. The van der Waals surface area contributed by atoms with Gasteiger partial charge in [0.2, 0.25) is 0 Å². The minimum atomic E-state index is -4.81. The molecular formula is C41H79NNaO11P. The number of phosphoric acid groups is 1. The normalized spacial score (nSPS) is 12.7. The van der Waals surface area contributed by atoms with Crippen molar-refractivity contribution in [3.05, 3.63) is 0 Å². The third-order valence-electron chi connectivity index (χ3n) is 9.26. The fraction of sp³-hybridized carbons (Fsp3) is 0.927. The number of carbonyl (C=O) groups is 3. The molecule has 0 radical (unpaired) electrons. The van der Waals surface area contributed by atoms with Crippen LogP contribution in [0.2, 0.25) is 0 Å². The van der Waals surface area contributed by atoms with Gasteiger partial charge in [0.15, 0.2) is 6.10 Å². The molecule has 0 aliphatic carbocycles. The molecule has 0 bridgehead atoms. The molecule has 0 aliphatic rings. The molecule has 12 nitrogen and oxygen atoms in total. The molecule has 0 aliphatic heterocycles. The van der Waals surface area contributed by atoms with Gasteiger partial charge < -0.3 is 38.2 Å². The molecule has 0 spiro atoms. The van der Waals surface area contributed by atoms with Gasteiger partial charge in [0.1, 0.15) is 13.2 Å². The van der Waals surface area contributed by atoms with Gasteiger partial charge in [-0.25, -0.2) is 4.79 Å². The zero-order chi connectivity index (χ0) is 39.8. The molecular weight excluding hydrogens is 736 g/mol. The summed E-state index contributed by atoms with van der Waals surface area (Å²) in [4.78, 5) is 49.0. The Morgan fingerprint density at radius 3 is 1.40 bits per heavy atom. The smallest absolute Gasteiger partial charge is 0.756 e. The van der Waals surface area contributed by atoms with E-state index in [-0.39, 0.29) is 68.8 Å². The van der Waals surface area contributed by atoms with E-state index in [1.54, 1.807) is 0 Å². The number of rotatable bonds is 41. The molecule has 55 heavy (non-hydrogen) atoms. The van der Waals surface area contributed by atoms with E-state index in [1.165, 1.54) is 123 Å². The minimum Gasteiger partial charge on any atom is -0.756 e. The minimum absolute atomic E-state index is 0. The first-order valence-corrected chi connectivity index (χ1v) is 23.0. The Morgan fingerprint density at radius 1 is 0.545 bits per heavy atom. The summed E-state index contributed by atoms with van der Waals surface area (Å²) in [6, 6.07) is 0. The van der Waals surface area contributed by atoms with Crippen LogP contribution in [0.15, 0.2) is 0 Å². The number of unbranched alkanes of at least 4 members (excludes halogenated alkanes) is 24. The van der Waals surface area contributed by atoms with Gasteiger partial charge in [-0.3, -0.25) is 14.2 Å². The second-order valence-corrected chi connectivity index (χ2v) is 15.8. The largest absolute Gasteiger partial charge is 1.00 e. The summed E-state index contributed by atoms with van der Waals surface area (Å²) in [7, 11) is -3.34. The van der Waals surface area contributed by atoms with Crippen LogP contribution in [0.5, 0.6) is 0 Å². The Bertz CT molecular complexity index is 931. The third kappa shape index (κ3) is 42.7. The maximum Gasteiger partial charge on any atom is 1.00 e. The average Bonchev–Trinajstić information content (AvgIpc) is 3.15. The Kier molecular flexibility index (Phi) is 43.9. The number of alkyl carbamates (subject to hydrolysis) is 1. The summed E-state index contributed by atoms with van der Waals surface area (Å²) >= 11 is 0. The summed E-state index contributed by atoms with van der Waals surface area (Å²) in [5.74, 6) is -0.933. The molecule has 14 heteroatoms. The van der Waals surface area contributed by atoms with Crippen molar-refractivity contribution in [3.63, 3.8) is 0 Å². The summed E-state index contributed by atoms with van der Waals surface area (Å²) < 4.78 is 42.6. The monoisotopic (exact) mass is 816 g/mol. The number of hydrogen-bond donors (Lipinski definition) is 1. The number of ether oxygens (including phenoxy) is 4. The van der Waals surface area contributed by atoms with Crippen LogP contribution in [0.1, 0.15) is 194 Å². The fourth-order valence-corrected chi connectivity index (χ4v) is 6.72. The second kappa shape index (κ2) is 42.9. The molecule has 1 amide bonds. The quantitative estimate of drug-likeness (QED) is 0.0217. The number of carbonyl (C=O) groups excluding carboxylic acids is 3. The number of hydrogen-bond acceptors (Lipinski definition) is 11. The Balaban J connectivity index is 0. The summed E-state index contributed by atoms with van der Waals surface area (Å²) in [6.45, 7) is 3.33. The van der Waals surface area contributed by atoms with Gasteiger partial charge in [-0.05, 0) is 12.8 Å². The number of methoxy groups -OCH3 is 1. The zero-order valence-electron chi connectivity index (χ0n) is 35.6. The van der Waals surface area contributed by atoms with Crippen molar-refractivity contribution < 1.29 is 81.4 Å². The molecule has 0 heterocycles. The molecule has 0 aromatic rings. The summed E-state index contributed by atoms with van der Waals surface area (Å²) in [6.07, 6.45) is 29.6. The van der Waals surface area contributed by atoms with Crippen molar-refractivity contribution in [1.29, 1.82) is 0 Å². The van der Waals surface area contributed by atoms with Crippen LogP contribution in [0.25, 0.3) is 0 Å². The Hall–Kier alpha value is -0.720. The Labute approximate surface area is 357 Å². The number of phosphoric ester groups is 1. The molecule has 1 unspecified atom stereocenters. The topological polar surface area (TPSA) is 159 Å². The van der Waals surface area contributed by atoms with Crippen LogP contribution < -0.4 is 39.8 Å². The van der Waals surface area contributed by atoms with E-state index in [9.17, 15) is 23.8 Å². The van der Waals surface area contributed by atoms with Crippen molar-refractivity contribution in [3.8, 4) is 0 Å². The number of amides is 1. The first kappa shape index (κ1) is 56.4. The van der Waals surface area contributed by atoms with Crippen molar-refractivity contribution >= 4 is 25.9 Å². The van der Waals surface area contributed by atoms with Crippen molar-refractivity contribution in [2.75, 3.05) is 46.7 Å². The van der Waals surface area contributed by atoms with E-state index in [0.717, 1.165) is 38.5 Å². The molecule has 1 N–H and O–H groups in total. The van der Waals surface area contributed by atoms with Crippen molar-refractivity contribution in [2.45, 2.75) is 200 Å². The second-order valence-electron chi connectivity index (χ2n) is 14.4. The van der Waals surface area contributed by atoms with E-state index >= 15 is 0 Å². The van der Waals surface area contributed by atoms with E-state index in [1.807, 2.05) is 0 Å². The van der Waals surface area contributed by atoms with Crippen LogP contribution in [0.3, 0.4) is 0 Å². The number of nitrogens with one attached hydrogen (secondary N) is 1. The van der Waals surface area contributed by atoms with Crippen LogP contribution in [0, 0.1) is 0 Å². The predicted octanol–water partition coefficient (Wildman–Crippen LogP) is 7.28. The van der Waals surface area contributed by atoms with E-state index in [2.05, 4.69) is 19.2 Å². The zero-order valence-corrected chi connectivity index (χ0v) is 38.5. The molecule has 0 aromatic heterocycles. The van der Waals surface area contributed by atoms with Crippen LogP contribution >= 0.6 is 7.82 Å². The third-order valence-corrected chi connectivity index (χ3v) is 10.2. The van der Waals surface area contributed by atoms with Gasteiger partial charge in [-0.15, -0.1) is 0 Å². The summed E-state index contributed by atoms with van der Waals surface area (Å²) in [5.41, 5.74) is 0. The molecule has 320 valence electrons. The first-order valence-electron chi connectivity index (χ1n) is 21.6. The van der Waals surface area contributed by atoms with E-state index in [0.29, 0.717) is 12.8 Å². The Morgan fingerprint density at radius 2 is 0.964 bits per heavy atom. The van der Waals surface area contributed by atoms with Gasteiger partial charge in [0.05, 0.1) is 19.8 Å². The van der Waals surface area contributed by atoms with Gasteiger partial charge in [-0.2, -0.15) is 0 Å². The molecule has 2 atom stereocenters. The standard InChI is InChI=1S/C41H80NO11P.Na/c1-4-6-8-10-12-14-16-18-20-22-24-26-28-30-39(43)50-36-38(37-52-54(46,47)51-33-32-42-41(45)49-35-34-48-3)53-40(44)31-29-27-25-23-21-19-17-15-13-11-9-7-5-2;/h38H,4-37H2,1-3H3,(H,42,45)(H,46,47);/q;+1/p-1/t38-;/m1./s1. The first-order chi connectivity index (χ1) is 26.2. The SMILES string of the molecule is CCCCCCCCCCCCCCCC(=O)OC[C@H](COP(=O)([O-])OCCNC(=O)OCCOC)OC(=O)CCCCCCCCCCCCCCC.[Na+]. The van der Waals surface area contributed by atoms with Crippen LogP contribution in [-0.2, 0) is 42.1 Å². The molecule has 0 aromatic carbocycles. The molecule has 0 saturated carbocycles. The summed E-state index contributed by atoms with van der Waals surface area (Å²) in [5, 5.41) is 2.35. The molecule has 0 rings (SSSR count).